The van der Waals surface area contributed by atoms with Gasteiger partial charge >= 0.3 is 0 Å². The lowest BCUT2D eigenvalue weighted by atomic mass is 9.94. The fraction of sp³-hybridized carbons (Fsp3) is 0.875. The number of rotatable bonds is 2. The average Bonchev–Trinajstić information content (AvgIpc) is 1.82. The maximum Gasteiger partial charge on any atom is 0.255 e. The molecule has 12 heavy (non-hydrogen) atoms. The van der Waals surface area contributed by atoms with Crippen LogP contribution in [0.5, 0.6) is 0 Å². The molecule has 0 atom stereocenters. The summed E-state index contributed by atoms with van der Waals surface area (Å²) in [4.78, 5) is 1.28. The van der Waals surface area contributed by atoms with Gasteiger partial charge in [0.2, 0.25) is 0 Å². The van der Waals surface area contributed by atoms with Gasteiger partial charge in [-0.05, 0) is 0 Å². The molecule has 0 aliphatic heterocycles. The van der Waals surface area contributed by atoms with E-state index in [1.54, 1.807) is 0 Å². The number of alkyl halides is 2. The van der Waals surface area contributed by atoms with Gasteiger partial charge in [0.15, 0.2) is 0 Å². The Labute approximate surface area is 72.1 Å². The lowest BCUT2D eigenvalue weighted by Gasteiger charge is -2.28. The van der Waals surface area contributed by atoms with Crippen LogP contribution >= 0.6 is 0 Å². The van der Waals surface area contributed by atoms with E-state index < -0.39 is 6.43 Å². The van der Waals surface area contributed by atoms with Gasteiger partial charge in [-0.1, -0.05) is 20.8 Å². The third-order valence-corrected chi connectivity index (χ3v) is 1.50. The van der Waals surface area contributed by atoms with E-state index in [9.17, 15) is 8.78 Å². The van der Waals surface area contributed by atoms with Gasteiger partial charge in [-0.2, -0.15) is 0 Å². The maximum absolute atomic E-state index is 11.9. The summed E-state index contributed by atoms with van der Waals surface area (Å²) in [7, 11) is 1.51. The van der Waals surface area contributed by atoms with Crippen molar-refractivity contribution in [2.24, 2.45) is 5.41 Å². The van der Waals surface area contributed by atoms with Gasteiger partial charge in [-0.3, -0.25) is 5.41 Å². The van der Waals surface area contributed by atoms with Crippen molar-refractivity contribution in [3.8, 4) is 0 Å². The summed E-state index contributed by atoms with van der Waals surface area (Å²) in [6.45, 7) is 5.13. The minimum absolute atomic E-state index is 0.239. The number of nitrogens with zero attached hydrogens (tertiary/aromatic N) is 1. The first-order chi connectivity index (χ1) is 5.25. The van der Waals surface area contributed by atoms with E-state index in [0.29, 0.717) is 0 Å². The topological polar surface area (TPSA) is 27.1 Å². The van der Waals surface area contributed by atoms with Crippen LogP contribution in [-0.2, 0) is 0 Å². The van der Waals surface area contributed by atoms with Crippen molar-refractivity contribution >= 4 is 5.84 Å². The summed E-state index contributed by atoms with van der Waals surface area (Å²) in [5.41, 5.74) is -0.358. The van der Waals surface area contributed by atoms with E-state index >= 15 is 0 Å². The van der Waals surface area contributed by atoms with Crippen LogP contribution in [0.25, 0.3) is 0 Å². The van der Waals surface area contributed by atoms with Crippen molar-refractivity contribution in [2.75, 3.05) is 13.6 Å². The van der Waals surface area contributed by atoms with E-state index in [-0.39, 0.29) is 17.8 Å². The second-order valence-electron chi connectivity index (χ2n) is 3.87. The van der Waals surface area contributed by atoms with Gasteiger partial charge < -0.3 is 4.90 Å². The number of hydrogen-bond acceptors (Lipinski definition) is 1. The van der Waals surface area contributed by atoms with Crippen molar-refractivity contribution < 1.29 is 8.78 Å². The third-order valence-electron chi connectivity index (χ3n) is 1.50. The largest absolute Gasteiger partial charge is 0.357 e. The molecule has 0 radical (unpaired) electrons. The molecule has 0 fully saturated rings. The Morgan fingerprint density at radius 1 is 1.42 bits per heavy atom. The first-order valence-corrected chi connectivity index (χ1v) is 3.83. The van der Waals surface area contributed by atoms with Crippen molar-refractivity contribution in [1.29, 1.82) is 5.41 Å². The van der Waals surface area contributed by atoms with E-state index in [2.05, 4.69) is 0 Å². The summed E-state index contributed by atoms with van der Waals surface area (Å²) < 4.78 is 23.8. The van der Waals surface area contributed by atoms with E-state index in [0.717, 1.165) is 0 Å². The van der Waals surface area contributed by atoms with Gasteiger partial charge in [0.05, 0.1) is 6.54 Å². The van der Waals surface area contributed by atoms with Crippen molar-refractivity contribution in [3.05, 3.63) is 0 Å². The number of amidine groups is 1. The third kappa shape index (κ3) is 3.64. The number of hydrogen-bond donors (Lipinski definition) is 1. The summed E-state index contributed by atoms with van der Waals surface area (Å²) >= 11 is 0. The average molecular weight is 178 g/mol. The summed E-state index contributed by atoms with van der Waals surface area (Å²) in [5.74, 6) is 0.239. The van der Waals surface area contributed by atoms with E-state index in [4.69, 9.17) is 5.41 Å². The molecule has 0 saturated carbocycles. The summed E-state index contributed by atoms with van der Waals surface area (Å²) in [6.07, 6.45) is -2.38. The highest BCUT2D eigenvalue weighted by Gasteiger charge is 2.22. The Morgan fingerprint density at radius 3 is 2.08 bits per heavy atom. The molecule has 2 nitrogen and oxygen atoms in total. The van der Waals surface area contributed by atoms with Crippen LogP contribution in [0.2, 0.25) is 0 Å². The molecular weight excluding hydrogens is 162 g/mol. The van der Waals surface area contributed by atoms with Crippen LogP contribution in [0, 0.1) is 10.8 Å². The molecule has 0 aromatic heterocycles. The quantitative estimate of drug-likeness (QED) is 0.509. The summed E-state index contributed by atoms with van der Waals surface area (Å²) in [5, 5.41) is 7.53. The fourth-order valence-electron chi connectivity index (χ4n) is 0.871. The molecule has 0 unspecified atom stereocenters. The highest BCUT2D eigenvalue weighted by atomic mass is 19.3. The van der Waals surface area contributed by atoms with Crippen LogP contribution in [0.3, 0.4) is 0 Å². The lowest BCUT2D eigenvalue weighted by molar-refractivity contribution is 0.120. The van der Waals surface area contributed by atoms with Crippen molar-refractivity contribution in [3.63, 3.8) is 0 Å². The Kier molecular flexibility index (Phi) is 3.61. The van der Waals surface area contributed by atoms with Gasteiger partial charge in [0.25, 0.3) is 6.43 Å². The molecule has 0 aliphatic carbocycles. The minimum Gasteiger partial charge on any atom is -0.357 e. The Hall–Kier alpha value is -0.670. The summed E-state index contributed by atoms with van der Waals surface area (Å²) in [6, 6.07) is 0. The standard InChI is InChI=1S/C8H16F2N2/c1-8(2,3)7(11)12(4)5-6(9)10/h6,11H,5H2,1-4H3. The Balaban J connectivity index is 4.12. The highest BCUT2D eigenvalue weighted by Crippen LogP contribution is 2.17. The van der Waals surface area contributed by atoms with Crippen LogP contribution < -0.4 is 0 Å². The molecule has 0 aliphatic rings. The molecule has 0 heterocycles. The van der Waals surface area contributed by atoms with Gasteiger partial charge in [-0.15, -0.1) is 0 Å². The SMILES string of the molecule is CN(CC(F)F)C(=N)C(C)(C)C. The van der Waals surface area contributed by atoms with Crippen LogP contribution in [0.1, 0.15) is 20.8 Å². The number of nitrogens with one attached hydrogen (secondary N) is 1. The lowest BCUT2D eigenvalue weighted by Crippen LogP contribution is -2.38. The Morgan fingerprint density at radius 2 is 1.83 bits per heavy atom. The zero-order chi connectivity index (χ0) is 9.94. The highest BCUT2D eigenvalue weighted by molar-refractivity contribution is 5.83. The van der Waals surface area contributed by atoms with Crippen molar-refractivity contribution in [1.82, 2.24) is 4.90 Å². The van der Waals surface area contributed by atoms with Gasteiger partial charge in [0, 0.05) is 12.5 Å². The maximum atomic E-state index is 11.9. The predicted molar refractivity (Wildman–Crippen MR) is 45.8 cm³/mol. The first kappa shape index (κ1) is 11.3. The van der Waals surface area contributed by atoms with Gasteiger partial charge in [0.1, 0.15) is 5.84 Å². The second kappa shape index (κ2) is 3.83. The molecule has 0 saturated heterocycles. The molecule has 0 bridgehead atoms. The van der Waals surface area contributed by atoms with Crippen LogP contribution in [0.15, 0.2) is 0 Å². The molecule has 1 N–H and O–H groups in total. The molecule has 0 spiro atoms. The zero-order valence-electron chi connectivity index (χ0n) is 7.99. The minimum atomic E-state index is -2.38. The van der Waals surface area contributed by atoms with E-state index in [1.807, 2.05) is 20.8 Å². The molecule has 0 aromatic rings. The second-order valence-corrected chi connectivity index (χ2v) is 3.87. The van der Waals surface area contributed by atoms with Crippen LogP contribution in [0.4, 0.5) is 8.78 Å². The Bertz CT molecular complexity index is 161. The molecule has 0 amide bonds. The molecule has 0 rings (SSSR count). The van der Waals surface area contributed by atoms with Gasteiger partial charge in [-0.25, -0.2) is 8.78 Å². The van der Waals surface area contributed by atoms with Crippen molar-refractivity contribution in [2.45, 2.75) is 27.2 Å². The smallest absolute Gasteiger partial charge is 0.255 e. The first-order valence-electron chi connectivity index (χ1n) is 3.83. The molecule has 0 aromatic carbocycles. The fourth-order valence-corrected chi connectivity index (χ4v) is 0.871. The monoisotopic (exact) mass is 178 g/mol. The van der Waals surface area contributed by atoms with Crippen LogP contribution in [-0.4, -0.2) is 30.8 Å². The normalized spacial score (nSPS) is 11.9. The molecule has 4 heteroatoms. The van der Waals surface area contributed by atoms with E-state index in [1.165, 1.54) is 11.9 Å². The number of halogens is 2. The predicted octanol–water partition coefficient (Wildman–Crippen LogP) is 2.21. The molecule has 72 valence electrons. The molecular formula is C8H16F2N2. The zero-order valence-corrected chi connectivity index (χ0v) is 7.99.